The third kappa shape index (κ3) is 20.1. The Bertz CT molecular complexity index is 511. The van der Waals surface area contributed by atoms with Crippen LogP contribution in [0.2, 0.25) is 0 Å². The van der Waals surface area contributed by atoms with Gasteiger partial charge >= 0.3 is 7.82 Å². The first-order valence-corrected chi connectivity index (χ1v) is 13.6. The zero-order valence-corrected chi connectivity index (χ0v) is 21.7. The van der Waals surface area contributed by atoms with Crippen LogP contribution in [0.1, 0.15) is 78.1 Å². The average molecular weight is 467 g/mol. The fourth-order valence-electron chi connectivity index (χ4n) is 3.09. The van der Waals surface area contributed by atoms with E-state index >= 15 is 0 Å². The molecular weight excluding hydrogens is 415 g/mol. The second-order valence-corrected chi connectivity index (χ2v) is 11.3. The Morgan fingerprint density at radius 3 is 2.06 bits per heavy atom. The molecule has 0 aromatic heterocycles. The maximum atomic E-state index is 11.9. The largest absolute Gasteiger partial charge is 0.472 e. The summed E-state index contributed by atoms with van der Waals surface area (Å²) in [6.45, 7) is 4.96. The molecule has 0 aliphatic rings. The summed E-state index contributed by atoms with van der Waals surface area (Å²) in [6, 6.07) is -0.543. The quantitative estimate of drug-likeness (QED) is 0.109. The number of unbranched alkanes of at least 4 members (excludes halogenated alkanes) is 8. The van der Waals surface area contributed by atoms with E-state index in [-0.39, 0.29) is 13.2 Å². The van der Waals surface area contributed by atoms with E-state index in [2.05, 4.69) is 19.6 Å². The Morgan fingerprint density at radius 1 is 0.968 bits per heavy atom. The third-order valence-corrected chi connectivity index (χ3v) is 6.34. The van der Waals surface area contributed by atoms with Gasteiger partial charge in [0.05, 0.1) is 21.1 Å². The van der Waals surface area contributed by atoms with Gasteiger partial charge in [0.25, 0.3) is 0 Å². The number of phosphoric acid groups is 1. The molecule has 31 heavy (non-hydrogen) atoms. The van der Waals surface area contributed by atoms with E-state index < -0.39 is 20.0 Å². The average Bonchev–Trinajstić information content (AvgIpc) is 2.67. The maximum absolute atomic E-state index is 11.9. The Hall–Kier alpha value is -0.270. The summed E-state index contributed by atoms with van der Waals surface area (Å²) in [5, 5.41) is 10.2. The van der Waals surface area contributed by atoms with Crippen LogP contribution in [0.25, 0.3) is 0 Å². The van der Waals surface area contributed by atoms with Gasteiger partial charge < -0.3 is 20.2 Å². The number of nitrogens with zero attached hydrogens (tertiary/aromatic N) is 1. The number of phosphoric ester groups is 1. The predicted octanol–water partition coefficient (Wildman–Crippen LogP) is 3.91. The molecule has 0 amide bonds. The first kappa shape index (κ1) is 30.7. The molecule has 0 radical (unpaired) electrons. The molecule has 0 saturated carbocycles. The Kier molecular flexibility index (Phi) is 17.1. The fourth-order valence-corrected chi connectivity index (χ4v) is 3.86. The molecule has 0 aliphatic carbocycles. The summed E-state index contributed by atoms with van der Waals surface area (Å²) in [6.07, 6.45) is 15.9. The van der Waals surface area contributed by atoms with Gasteiger partial charge in [-0.25, -0.2) is 4.57 Å². The molecule has 0 rings (SSSR count). The molecular formula is C23H51N2O5P+2. The van der Waals surface area contributed by atoms with Gasteiger partial charge in [-0.05, 0) is 12.3 Å². The van der Waals surface area contributed by atoms with Crippen molar-refractivity contribution in [3.05, 3.63) is 12.2 Å². The number of quaternary nitrogens is 2. The van der Waals surface area contributed by atoms with Crippen LogP contribution in [0.15, 0.2) is 12.2 Å². The molecule has 0 saturated heterocycles. The second kappa shape index (κ2) is 17.2. The number of likely N-dealkylation sites (N-methyl/N-ethyl adjacent to an activating group) is 1. The van der Waals surface area contributed by atoms with Gasteiger partial charge in [0.2, 0.25) is 0 Å². The third-order valence-electron chi connectivity index (χ3n) is 5.35. The van der Waals surface area contributed by atoms with Crippen LogP contribution in [0.5, 0.6) is 0 Å². The molecule has 186 valence electrons. The summed E-state index contributed by atoms with van der Waals surface area (Å²) < 4.78 is 22.5. The van der Waals surface area contributed by atoms with Gasteiger partial charge in [-0.2, -0.15) is 0 Å². The highest BCUT2D eigenvalue weighted by Gasteiger charge is 2.26. The van der Waals surface area contributed by atoms with Crippen molar-refractivity contribution < 1.29 is 33.8 Å². The molecule has 0 bridgehead atoms. The van der Waals surface area contributed by atoms with E-state index in [0.29, 0.717) is 16.9 Å². The Balaban J connectivity index is 3.95. The normalized spacial score (nSPS) is 17.5. The monoisotopic (exact) mass is 466 g/mol. The Labute approximate surface area is 191 Å². The summed E-state index contributed by atoms with van der Waals surface area (Å²) in [7, 11) is 1.78. The lowest BCUT2D eigenvalue weighted by atomic mass is 10.00. The number of aliphatic hydroxyl groups is 1. The molecule has 0 aliphatic heterocycles. The SMILES string of the molecule is CCCCCCCCCCCC(C)/C=C/C(O)C([NH3+])COP(=O)(O)OCC[N+](C)(C)C. The Morgan fingerprint density at radius 2 is 1.52 bits per heavy atom. The van der Waals surface area contributed by atoms with Crippen LogP contribution in [-0.4, -0.2) is 67.5 Å². The van der Waals surface area contributed by atoms with Crippen molar-refractivity contribution in [3.8, 4) is 0 Å². The minimum atomic E-state index is -4.13. The lowest BCUT2D eigenvalue weighted by molar-refractivity contribution is -0.870. The van der Waals surface area contributed by atoms with E-state index in [0.717, 1.165) is 6.42 Å². The van der Waals surface area contributed by atoms with Crippen molar-refractivity contribution in [1.29, 1.82) is 0 Å². The predicted molar refractivity (Wildman–Crippen MR) is 127 cm³/mol. The smallest absolute Gasteiger partial charge is 0.383 e. The maximum Gasteiger partial charge on any atom is 0.472 e. The number of hydrogen-bond donors (Lipinski definition) is 3. The number of allylic oxidation sites excluding steroid dienone is 1. The molecule has 0 heterocycles. The molecule has 8 heteroatoms. The molecule has 0 aromatic carbocycles. The van der Waals surface area contributed by atoms with Crippen LogP contribution in [-0.2, 0) is 13.6 Å². The first-order chi connectivity index (χ1) is 14.5. The number of hydrogen-bond acceptors (Lipinski definition) is 4. The number of aliphatic hydroxyl groups excluding tert-OH is 1. The van der Waals surface area contributed by atoms with E-state index in [1.165, 1.54) is 57.8 Å². The minimum absolute atomic E-state index is 0.123. The van der Waals surface area contributed by atoms with Gasteiger partial charge in [-0.3, -0.25) is 9.05 Å². The lowest BCUT2D eigenvalue weighted by Gasteiger charge is -2.24. The summed E-state index contributed by atoms with van der Waals surface area (Å²) in [5.41, 5.74) is 3.84. The molecule has 0 aromatic rings. The molecule has 0 spiro atoms. The first-order valence-electron chi connectivity index (χ1n) is 12.1. The van der Waals surface area contributed by atoms with E-state index in [1.54, 1.807) is 6.08 Å². The van der Waals surface area contributed by atoms with E-state index in [9.17, 15) is 14.6 Å². The molecule has 4 atom stereocenters. The van der Waals surface area contributed by atoms with Gasteiger partial charge in [-0.15, -0.1) is 0 Å². The second-order valence-electron chi connectivity index (χ2n) is 9.84. The molecule has 4 unspecified atom stereocenters. The summed E-state index contributed by atoms with van der Waals surface area (Å²) in [5.74, 6) is 0.384. The van der Waals surface area contributed by atoms with Crippen LogP contribution in [0, 0.1) is 5.92 Å². The van der Waals surface area contributed by atoms with Gasteiger partial charge in [0.15, 0.2) is 0 Å². The van der Waals surface area contributed by atoms with Crippen molar-refractivity contribution in [2.75, 3.05) is 40.9 Å². The topological polar surface area (TPSA) is 104 Å². The molecule has 5 N–H and O–H groups in total. The minimum Gasteiger partial charge on any atom is -0.383 e. The lowest BCUT2D eigenvalue weighted by Crippen LogP contribution is -2.68. The van der Waals surface area contributed by atoms with Crippen molar-refractivity contribution in [3.63, 3.8) is 0 Å². The van der Waals surface area contributed by atoms with E-state index in [1.807, 2.05) is 27.2 Å². The highest BCUT2D eigenvalue weighted by atomic mass is 31.2. The zero-order valence-electron chi connectivity index (χ0n) is 20.8. The molecule has 7 nitrogen and oxygen atoms in total. The zero-order chi connectivity index (χ0) is 23.8. The van der Waals surface area contributed by atoms with Gasteiger partial charge in [0, 0.05) is 0 Å². The van der Waals surface area contributed by atoms with Crippen molar-refractivity contribution in [2.45, 2.75) is 90.2 Å². The summed E-state index contributed by atoms with van der Waals surface area (Å²) in [4.78, 5) is 9.75. The highest BCUT2D eigenvalue weighted by Crippen LogP contribution is 2.43. The van der Waals surface area contributed by atoms with Crippen molar-refractivity contribution in [1.82, 2.24) is 0 Å². The summed E-state index contributed by atoms with van der Waals surface area (Å²) >= 11 is 0. The van der Waals surface area contributed by atoms with Gasteiger partial charge in [0.1, 0.15) is 31.9 Å². The fraction of sp³-hybridized carbons (Fsp3) is 0.913. The van der Waals surface area contributed by atoms with Crippen molar-refractivity contribution in [2.24, 2.45) is 5.92 Å². The van der Waals surface area contributed by atoms with Crippen LogP contribution in [0.4, 0.5) is 0 Å². The molecule has 0 fully saturated rings. The van der Waals surface area contributed by atoms with Crippen LogP contribution < -0.4 is 5.73 Å². The van der Waals surface area contributed by atoms with Gasteiger partial charge in [-0.1, -0.05) is 83.8 Å². The highest BCUT2D eigenvalue weighted by molar-refractivity contribution is 7.47. The standard InChI is InChI=1S/C23H49N2O5P/c1-6-7-8-9-10-11-12-13-14-15-21(2)16-17-23(26)22(24)20-30-31(27,28)29-19-18-25(3,4)5/h16-17,21-23,26H,6-15,18-20,24H2,1-5H3/p+2/b17-16+. The number of rotatable bonds is 20. The van der Waals surface area contributed by atoms with Crippen molar-refractivity contribution >= 4 is 7.82 Å². The van der Waals surface area contributed by atoms with Crippen LogP contribution >= 0.6 is 7.82 Å². The van der Waals surface area contributed by atoms with Crippen LogP contribution in [0.3, 0.4) is 0 Å². The van der Waals surface area contributed by atoms with E-state index in [4.69, 9.17) is 9.05 Å².